The van der Waals surface area contributed by atoms with E-state index >= 15 is 0 Å². The second-order valence-corrected chi connectivity index (χ2v) is 7.18. The molecule has 1 aromatic rings. The smallest absolute Gasteiger partial charge is 0.119 e. The number of likely N-dealkylation sites (N-methyl/N-ethyl adjacent to an activating group) is 1. The molecule has 0 saturated carbocycles. The van der Waals surface area contributed by atoms with Crippen LogP contribution in [-0.2, 0) is 0 Å². The van der Waals surface area contributed by atoms with Crippen LogP contribution < -0.4 is 4.74 Å². The van der Waals surface area contributed by atoms with Crippen LogP contribution in [-0.4, -0.2) is 55.7 Å². The molecule has 124 valence electrons. The normalized spacial score (nSPS) is 19.3. The zero-order valence-electron chi connectivity index (χ0n) is 14.9. The molecule has 0 N–H and O–H groups in total. The Bertz CT molecular complexity index is 452. The highest BCUT2D eigenvalue weighted by Crippen LogP contribution is 2.19. The van der Waals surface area contributed by atoms with Crippen LogP contribution in [0.25, 0.3) is 0 Å². The lowest BCUT2D eigenvalue weighted by Gasteiger charge is -2.23. The van der Waals surface area contributed by atoms with Gasteiger partial charge < -0.3 is 14.5 Å². The summed E-state index contributed by atoms with van der Waals surface area (Å²) in [4.78, 5) is 5.00. The van der Waals surface area contributed by atoms with Crippen molar-refractivity contribution in [2.45, 2.75) is 40.2 Å². The molecule has 1 saturated heterocycles. The molecule has 0 amide bonds. The molecule has 1 aliphatic rings. The Hall–Kier alpha value is -1.06. The highest BCUT2D eigenvalue weighted by molar-refractivity contribution is 5.32. The van der Waals surface area contributed by atoms with E-state index in [1.807, 2.05) is 0 Å². The van der Waals surface area contributed by atoms with E-state index in [1.165, 1.54) is 37.2 Å². The maximum Gasteiger partial charge on any atom is 0.119 e. The van der Waals surface area contributed by atoms with Gasteiger partial charge in [0, 0.05) is 25.7 Å². The van der Waals surface area contributed by atoms with E-state index in [-0.39, 0.29) is 0 Å². The number of nitrogens with zero attached hydrogens (tertiary/aromatic N) is 2. The molecule has 3 nitrogen and oxygen atoms in total. The second kappa shape index (κ2) is 7.98. The van der Waals surface area contributed by atoms with Gasteiger partial charge in [0.2, 0.25) is 0 Å². The standard InChI is InChI=1S/C19H32N2O/c1-15(2)21-7-6-18(14-21)13-20(5)8-9-22-19-11-16(3)10-17(4)12-19/h10-12,15,18H,6-9,13-14H2,1-5H3. The van der Waals surface area contributed by atoms with Gasteiger partial charge >= 0.3 is 0 Å². The minimum Gasteiger partial charge on any atom is -0.492 e. The molecule has 0 spiro atoms. The summed E-state index contributed by atoms with van der Waals surface area (Å²) >= 11 is 0. The number of hydrogen-bond donors (Lipinski definition) is 0. The summed E-state index contributed by atoms with van der Waals surface area (Å²) in [5.74, 6) is 1.81. The average Bonchev–Trinajstić information content (AvgIpc) is 2.86. The Kier molecular flexibility index (Phi) is 6.27. The van der Waals surface area contributed by atoms with Gasteiger partial charge in [-0.25, -0.2) is 0 Å². The van der Waals surface area contributed by atoms with Crippen LogP contribution >= 0.6 is 0 Å². The van der Waals surface area contributed by atoms with Gasteiger partial charge in [0.15, 0.2) is 0 Å². The number of aryl methyl sites for hydroxylation is 2. The molecule has 0 radical (unpaired) electrons. The van der Waals surface area contributed by atoms with E-state index in [1.54, 1.807) is 0 Å². The first-order valence-corrected chi connectivity index (χ1v) is 8.57. The van der Waals surface area contributed by atoms with Gasteiger partial charge in [-0.2, -0.15) is 0 Å². The topological polar surface area (TPSA) is 15.7 Å². The minimum absolute atomic E-state index is 0.684. The number of hydrogen-bond acceptors (Lipinski definition) is 3. The molecule has 1 aliphatic heterocycles. The van der Waals surface area contributed by atoms with Gasteiger partial charge in [0.25, 0.3) is 0 Å². The van der Waals surface area contributed by atoms with Crippen molar-refractivity contribution in [1.29, 1.82) is 0 Å². The third kappa shape index (κ3) is 5.29. The molecule has 1 fully saturated rings. The summed E-state index contributed by atoms with van der Waals surface area (Å²) < 4.78 is 5.91. The third-order valence-corrected chi connectivity index (χ3v) is 4.55. The van der Waals surface area contributed by atoms with Crippen molar-refractivity contribution in [2.24, 2.45) is 5.92 Å². The SMILES string of the molecule is Cc1cc(C)cc(OCCN(C)CC2CCN(C(C)C)C2)c1. The van der Waals surface area contributed by atoms with Crippen molar-refractivity contribution in [2.75, 3.05) is 39.8 Å². The van der Waals surface area contributed by atoms with E-state index in [2.05, 4.69) is 62.7 Å². The zero-order chi connectivity index (χ0) is 16.1. The van der Waals surface area contributed by atoms with Crippen LogP contribution in [0.4, 0.5) is 0 Å². The molecular formula is C19H32N2O. The van der Waals surface area contributed by atoms with Crippen molar-refractivity contribution in [3.63, 3.8) is 0 Å². The average molecular weight is 304 g/mol. The molecular weight excluding hydrogens is 272 g/mol. The molecule has 0 aromatic heterocycles. The van der Waals surface area contributed by atoms with Gasteiger partial charge in [-0.1, -0.05) is 6.07 Å². The summed E-state index contributed by atoms with van der Waals surface area (Å²) in [5.41, 5.74) is 2.53. The lowest BCUT2D eigenvalue weighted by Crippen LogP contribution is -2.33. The summed E-state index contributed by atoms with van der Waals surface area (Å²) in [6.07, 6.45) is 1.33. The first-order valence-electron chi connectivity index (χ1n) is 8.57. The van der Waals surface area contributed by atoms with Crippen molar-refractivity contribution in [3.05, 3.63) is 29.3 Å². The summed E-state index contributed by atoms with van der Waals surface area (Å²) in [7, 11) is 2.21. The predicted molar refractivity (Wildman–Crippen MR) is 93.7 cm³/mol. The Morgan fingerprint density at radius 2 is 1.91 bits per heavy atom. The molecule has 0 aliphatic carbocycles. The van der Waals surface area contributed by atoms with Crippen molar-refractivity contribution >= 4 is 0 Å². The van der Waals surface area contributed by atoms with E-state index < -0.39 is 0 Å². The maximum atomic E-state index is 5.91. The van der Waals surface area contributed by atoms with E-state index in [0.717, 1.165) is 24.8 Å². The van der Waals surface area contributed by atoms with Gasteiger partial charge in [-0.3, -0.25) is 0 Å². The molecule has 1 heterocycles. The monoisotopic (exact) mass is 304 g/mol. The van der Waals surface area contributed by atoms with Gasteiger partial charge in [-0.05, 0) is 76.9 Å². The summed E-state index contributed by atoms with van der Waals surface area (Å²) in [6.45, 7) is 14.3. The van der Waals surface area contributed by atoms with Crippen LogP contribution in [0.1, 0.15) is 31.4 Å². The predicted octanol–water partition coefficient (Wildman–Crippen LogP) is 3.34. The molecule has 2 rings (SSSR count). The molecule has 1 aromatic carbocycles. The van der Waals surface area contributed by atoms with Gasteiger partial charge in [0.05, 0.1) is 0 Å². The maximum absolute atomic E-state index is 5.91. The third-order valence-electron chi connectivity index (χ3n) is 4.55. The largest absolute Gasteiger partial charge is 0.492 e. The molecule has 1 unspecified atom stereocenters. The summed E-state index contributed by atoms with van der Waals surface area (Å²) in [6, 6.07) is 7.09. The van der Waals surface area contributed by atoms with Crippen LogP contribution in [0.5, 0.6) is 5.75 Å². The van der Waals surface area contributed by atoms with Crippen LogP contribution in [0.2, 0.25) is 0 Å². The van der Waals surface area contributed by atoms with E-state index in [0.29, 0.717) is 6.04 Å². The number of ether oxygens (including phenoxy) is 1. The number of rotatable bonds is 7. The van der Waals surface area contributed by atoms with Gasteiger partial charge in [0.1, 0.15) is 12.4 Å². The van der Waals surface area contributed by atoms with Crippen molar-refractivity contribution < 1.29 is 4.74 Å². The highest BCUT2D eigenvalue weighted by Gasteiger charge is 2.24. The van der Waals surface area contributed by atoms with Crippen LogP contribution in [0, 0.1) is 19.8 Å². The van der Waals surface area contributed by atoms with E-state index in [4.69, 9.17) is 4.74 Å². The fourth-order valence-electron chi connectivity index (χ4n) is 3.35. The number of benzene rings is 1. The quantitative estimate of drug-likeness (QED) is 0.768. The Labute approximate surface area is 136 Å². The van der Waals surface area contributed by atoms with Gasteiger partial charge in [-0.15, -0.1) is 0 Å². The zero-order valence-corrected chi connectivity index (χ0v) is 14.9. The minimum atomic E-state index is 0.684. The first-order chi connectivity index (χ1) is 10.4. The highest BCUT2D eigenvalue weighted by atomic mass is 16.5. The molecule has 1 atom stereocenters. The summed E-state index contributed by atoms with van der Waals surface area (Å²) in [5, 5.41) is 0. The Morgan fingerprint density at radius 1 is 1.23 bits per heavy atom. The molecule has 22 heavy (non-hydrogen) atoms. The lowest BCUT2D eigenvalue weighted by molar-refractivity contribution is 0.206. The second-order valence-electron chi connectivity index (χ2n) is 7.18. The van der Waals surface area contributed by atoms with Crippen LogP contribution in [0.3, 0.4) is 0 Å². The lowest BCUT2D eigenvalue weighted by atomic mass is 10.1. The fourth-order valence-corrected chi connectivity index (χ4v) is 3.35. The van der Waals surface area contributed by atoms with Crippen molar-refractivity contribution in [3.8, 4) is 5.75 Å². The van der Waals surface area contributed by atoms with Crippen molar-refractivity contribution in [1.82, 2.24) is 9.80 Å². The van der Waals surface area contributed by atoms with Crippen LogP contribution in [0.15, 0.2) is 18.2 Å². The first kappa shape index (κ1) is 17.3. The molecule has 0 bridgehead atoms. The van der Waals surface area contributed by atoms with E-state index in [9.17, 15) is 0 Å². The number of likely N-dealkylation sites (tertiary alicyclic amines) is 1. The Morgan fingerprint density at radius 3 is 2.50 bits per heavy atom. The fraction of sp³-hybridized carbons (Fsp3) is 0.684. The molecule has 3 heteroatoms. The Balaban J connectivity index is 1.69.